The van der Waals surface area contributed by atoms with Gasteiger partial charge in [0.15, 0.2) is 11.0 Å². The highest BCUT2D eigenvalue weighted by atomic mass is 16.3. The molecule has 0 aliphatic rings. The van der Waals surface area contributed by atoms with Crippen molar-refractivity contribution >= 4 is 33.1 Å². The van der Waals surface area contributed by atoms with Gasteiger partial charge in [-0.15, -0.1) is 0 Å². The minimum absolute atomic E-state index is 0.0492. The largest absolute Gasteiger partial charge is 0.454 e. The molecule has 28 heavy (non-hydrogen) atoms. The van der Waals surface area contributed by atoms with Crippen LogP contribution in [-0.4, -0.2) is 24.5 Å². The summed E-state index contributed by atoms with van der Waals surface area (Å²) in [7, 11) is 1.84. The molecule has 0 unspecified atom stereocenters. The second-order valence-electron chi connectivity index (χ2n) is 7.39. The molecule has 5 rings (SSSR count). The molecule has 142 valence electrons. The van der Waals surface area contributed by atoms with Crippen LogP contribution >= 0.6 is 0 Å². The molecule has 0 atom stereocenters. The Morgan fingerprint density at radius 2 is 2.00 bits per heavy atom. The number of benzene rings is 1. The third-order valence-corrected chi connectivity index (χ3v) is 5.11. The van der Waals surface area contributed by atoms with Crippen molar-refractivity contribution in [2.45, 2.75) is 26.8 Å². The van der Waals surface area contributed by atoms with Crippen LogP contribution in [0.25, 0.3) is 44.2 Å². The molecule has 2 N–H and O–H groups in total. The van der Waals surface area contributed by atoms with Crippen LogP contribution in [0.5, 0.6) is 0 Å². The molecule has 5 aromatic rings. The van der Waals surface area contributed by atoms with Gasteiger partial charge >= 0.3 is 0 Å². The van der Waals surface area contributed by atoms with Gasteiger partial charge in [0.2, 0.25) is 0 Å². The van der Waals surface area contributed by atoms with Crippen molar-refractivity contribution in [1.82, 2.24) is 24.5 Å². The Morgan fingerprint density at radius 3 is 2.68 bits per heavy atom. The number of aromatic nitrogens is 5. The molecule has 8 heteroatoms. The number of fused-ring (bicyclic) bond motifs is 4. The van der Waals surface area contributed by atoms with Gasteiger partial charge in [-0.05, 0) is 32.9 Å². The summed E-state index contributed by atoms with van der Waals surface area (Å²) in [6.07, 6.45) is 1.88. The SMILES string of the molecule is Cc1nn(C)cc1-c1c2oc3cc(=O)ccc3c2[nH]c2c1c(=O)[nH]n2C(C)C. The maximum atomic E-state index is 12.9. The molecule has 0 bridgehead atoms. The van der Waals surface area contributed by atoms with E-state index in [0.29, 0.717) is 27.8 Å². The van der Waals surface area contributed by atoms with Crippen LogP contribution in [0.2, 0.25) is 0 Å². The van der Waals surface area contributed by atoms with Gasteiger partial charge in [0.25, 0.3) is 5.56 Å². The zero-order valence-corrected chi connectivity index (χ0v) is 16.0. The van der Waals surface area contributed by atoms with Crippen LogP contribution in [0.1, 0.15) is 25.6 Å². The molecular formula is C20H19N5O3. The number of pyridine rings is 1. The van der Waals surface area contributed by atoms with Crippen LogP contribution < -0.4 is 11.0 Å². The van der Waals surface area contributed by atoms with Gasteiger partial charge in [-0.2, -0.15) is 5.10 Å². The highest BCUT2D eigenvalue weighted by Crippen LogP contribution is 2.39. The van der Waals surface area contributed by atoms with Gasteiger partial charge in [0.05, 0.1) is 16.6 Å². The Hall–Kier alpha value is -3.55. The van der Waals surface area contributed by atoms with Crippen molar-refractivity contribution in [3.63, 3.8) is 0 Å². The number of hydrogen-bond donors (Lipinski definition) is 2. The van der Waals surface area contributed by atoms with E-state index in [4.69, 9.17) is 4.42 Å². The van der Waals surface area contributed by atoms with Crippen molar-refractivity contribution in [1.29, 1.82) is 0 Å². The van der Waals surface area contributed by atoms with E-state index in [-0.39, 0.29) is 17.0 Å². The summed E-state index contributed by atoms with van der Waals surface area (Å²) in [5.41, 5.74) is 4.41. The van der Waals surface area contributed by atoms with Gasteiger partial charge in [-0.25, -0.2) is 0 Å². The van der Waals surface area contributed by atoms with Crippen LogP contribution in [-0.2, 0) is 7.05 Å². The molecule has 4 aromatic heterocycles. The number of nitrogens with zero attached hydrogens (tertiary/aromatic N) is 3. The van der Waals surface area contributed by atoms with Crippen LogP contribution in [0.3, 0.4) is 0 Å². The third-order valence-electron chi connectivity index (χ3n) is 5.11. The minimum Gasteiger partial charge on any atom is -0.454 e. The normalized spacial score (nSPS) is 12.2. The maximum absolute atomic E-state index is 12.9. The first-order valence-corrected chi connectivity index (χ1v) is 9.08. The summed E-state index contributed by atoms with van der Waals surface area (Å²) < 4.78 is 9.61. The van der Waals surface area contributed by atoms with Crippen LogP contribution in [0.15, 0.2) is 38.4 Å². The Morgan fingerprint density at radius 1 is 1.21 bits per heavy atom. The highest BCUT2D eigenvalue weighted by molar-refractivity contribution is 6.14. The second kappa shape index (κ2) is 5.48. The molecule has 0 radical (unpaired) electrons. The van der Waals surface area contributed by atoms with E-state index in [1.165, 1.54) is 12.1 Å². The van der Waals surface area contributed by atoms with Crippen molar-refractivity contribution in [3.8, 4) is 11.1 Å². The molecule has 1 aromatic carbocycles. The van der Waals surface area contributed by atoms with Crippen molar-refractivity contribution < 1.29 is 4.42 Å². The maximum Gasteiger partial charge on any atom is 0.274 e. The number of furan rings is 1. The summed E-state index contributed by atoms with van der Waals surface area (Å²) >= 11 is 0. The molecule has 0 saturated heterocycles. The molecule has 0 fully saturated rings. The molecule has 0 spiro atoms. The Labute approximate surface area is 158 Å². The lowest BCUT2D eigenvalue weighted by Gasteiger charge is -2.09. The molecule has 4 heterocycles. The van der Waals surface area contributed by atoms with E-state index in [2.05, 4.69) is 15.2 Å². The second-order valence-corrected chi connectivity index (χ2v) is 7.39. The summed E-state index contributed by atoms with van der Waals surface area (Å²) in [5, 5.41) is 8.67. The Balaban J connectivity index is 2.09. The van der Waals surface area contributed by atoms with Crippen LogP contribution in [0.4, 0.5) is 0 Å². The predicted octanol–water partition coefficient (Wildman–Crippen LogP) is 3.21. The van der Waals surface area contributed by atoms with E-state index in [9.17, 15) is 9.59 Å². The van der Waals surface area contributed by atoms with E-state index < -0.39 is 0 Å². The summed E-state index contributed by atoms with van der Waals surface area (Å²) in [6.45, 7) is 5.90. The fourth-order valence-corrected chi connectivity index (χ4v) is 3.90. The molecule has 0 amide bonds. The minimum atomic E-state index is -0.204. The lowest BCUT2D eigenvalue weighted by atomic mass is 10.0. The van der Waals surface area contributed by atoms with Crippen molar-refractivity contribution in [2.24, 2.45) is 7.05 Å². The number of rotatable bonds is 2. The lowest BCUT2D eigenvalue weighted by molar-refractivity contribution is 0.542. The van der Waals surface area contributed by atoms with E-state index >= 15 is 0 Å². The molecule has 8 nitrogen and oxygen atoms in total. The number of aryl methyl sites for hydroxylation is 2. The number of hydrogen-bond acceptors (Lipinski definition) is 4. The topological polar surface area (TPSA) is 102 Å². The lowest BCUT2D eigenvalue weighted by Crippen LogP contribution is -2.07. The molecular weight excluding hydrogens is 358 g/mol. The van der Waals surface area contributed by atoms with E-state index in [1.54, 1.807) is 10.7 Å². The summed E-state index contributed by atoms with van der Waals surface area (Å²) in [6, 6.07) is 4.77. The van der Waals surface area contributed by atoms with Crippen molar-refractivity contribution in [2.75, 3.05) is 0 Å². The van der Waals surface area contributed by atoms with Gasteiger partial charge in [-0.1, -0.05) is 0 Å². The Bertz CT molecular complexity index is 1510. The van der Waals surface area contributed by atoms with E-state index in [1.807, 2.05) is 38.7 Å². The summed E-state index contributed by atoms with van der Waals surface area (Å²) in [5.74, 6) is 0. The average molecular weight is 377 g/mol. The fraction of sp³-hybridized carbons (Fsp3) is 0.250. The average Bonchev–Trinajstić information content (AvgIpc) is 3.26. The third kappa shape index (κ3) is 2.14. The quantitative estimate of drug-likeness (QED) is 0.493. The number of nitrogens with one attached hydrogen (secondary N) is 2. The van der Waals surface area contributed by atoms with Crippen molar-refractivity contribution in [3.05, 3.63) is 50.7 Å². The van der Waals surface area contributed by atoms with Gasteiger partial charge in [0.1, 0.15) is 11.2 Å². The standard InChI is InChI=1S/C20H19N5O3/c1-9(2)25-19-16(20(27)23-25)15(13-8-24(4)22-10(13)3)18-17(21-19)12-6-5-11(26)7-14(12)28-18/h5-9,21H,1-4H3,(H,23,27). The Kier molecular flexibility index (Phi) is 3.25. The number of H-pyrrole nitrogens is 2. The molecule has 0 saturated carbocycles. The van der Waals surface area contributed by atoms with Gasteiger partial charge in [-0.3, -0.25) is 24.1 Å². The molecule has 0 aliphatic carbocycles. The first kappa shape index (κ1) is 16.6. The monoisotopic (exact) mass is 377 g/mol. The zero-order chi connectivity index (χ0) is 19.7. The fourth-order valence-electron chi connectivity index (χ4n) is 3.90. The first-order chi connectivity index (χ1) is 13.3. The van der Waals surface area contributed by atoms with Crippen LogP contribution in [0, 0.1) is 6.92 Å². The predicted molar refractivity (Wildman–Crippen MR) is 108 cm³/mol. The van der Waals surface area contributed by atoms with Gasteiger partial charge in [0, 0.05) is 41.9 Å². The van der Waals surface area contributed by atoms with Gasteiger partial charge < -0.3 is 9.40 Å². The molecule has 0 aliphatic heterocycles. The van der Waals surface area contributed by atoms with E-state index in [0.717, 1.165) is 22.2 Å². The zero-order valence-electron chi connectivity index (χ0n) is 16.0. The first-order valence-electron chi connectivity index (χ1n) is 9.08. The summed E-state index contributed by atoms with van der Waals surface area (Å²) in [4.78, 5) is 28.1. The number of aromatic amines is 2. The smallest absolute Gasteiger partial charge is 0.274 e. The highest BCUT2D eigenvalue weighted by Gasteiger charge is 2.24.